The van der Waals surface area contributed by atoms with Gasteiger partial charge in [-0.05, 0) is 17.7 Å². The van der Waals surface area contributed by atoms with Crippen molar-refractivity contribution in [1.29, 1.82) is 0 Å². The highest BCUT2D eigenvalue weighted by Gasteiger charge is 2.19. The first kappa shape index (κ1) is 11.7. The predicted octanol–water partition coefficient (Wildman–Crippen LogP) is 3.10. The van der Waals surface area contributed by atoms with E-state index in [1.165, 1.54) is 7.11 Å². The van der Waals surface area contributed by atoms with Crippen molar-refractivity contribution in [3.63, 3.8) is 0 Å². The molecule has 0 aliphatic heterocycles. The molecule has 14 heavy (non-hydrogen) atoms. The predicted molar refractivity (Wildman–Crippen MR) is 62.7 cm³/mol. The van der Waals surface area contributed by atoms with E-state index in [1.54, 1.807) is 0 Å². The highest BCUT2D eigenvalue weighted by molar-refractivity contribution is 9.10. The van der Waals surface area contributed by atoms with Crippen molar-refractivity contribution in [3.8, 4) is 0 Å². The summed E-state index contributed by atoms with van der Waals surface area (Å²) in [6, 6.07) is 7.64. The van der Waals surface area contributed by atoms with Gasteiger partial charge in [0, 0.05) is 9.80 Å². The molecule has 1 aromatic rings. The van der Waals surface area contributed by atoms with Crippen molar-refractivity contribution in [2.45, 2.75) is 5.92 Å². The summed E-state index contributed by atoms with van der Waals surface area (Å²) in [4.78, 5) is 11.4. The van der Waals surface area contributed by atoms with Gasteiger partial charge in [-0.25, -0.2) is 0 Å². The quantitative estimate of drug-likeness (QED) is 0.631. The smallest absolute Gasteiger partial charge is 0.313 e. The van der Waals surface area contributed by atoms with Gasteiger partial charge in [0.2, 0.25) is 0 Å². The lowest BCUT2D eigenvalue weighted by molar-refractivity contribution is -0.141. The maximum absolute atomic E-state index is 11.4. The molecule has 0 saturated carbocycles. The van der Waals surface area contributed by atoms with Crippen LogP contribution in [0.5, 0.6) is 0 Å². The van der Waals surface area contributed by atoms with Crippen LogP contribution in [0.1, 0.15) is 11.5 Å². The second kappa shape index (κ2) is 5.51. The first-order valence-electron chi connectivity index (χ1n) is 4.08. The van der Waals surface area contributed by atoms with Crippen molar-refractivity contribution in [2.24, 2.45) is 0 Å². The first-order chi connectivity index (χ1) is 6.69. The highest BCUT2D eigenvalue weighted by Crippen LogP contribution is 2.21. The van der Waals surface area contributed by atoms with Gasteiger partial charge in [0.25, 0.3) is 0 Å². The zero-order valence-electron chi connectivity index (χ0n) is 7.67. The molecule has 0 aliphatic carbocycles. The number of carbonyl (C=O) groups excluding carboxylic acids is 1. The van der Waals surface area contributed by atoms with E-state index < -0.39 is 0 Å². The minimum absolute atomic E-state index is 0.218. The monoisotopic (exact) mass is 320 g/mol. The lowest BCUT2D eigenvalue weighted by Gasteiger charge is -2.11. The molecule has 1 aromatic carbocycles. The van der Waals surface area contributed by atoms with Gasteiger partial charge in [-0.2, -0.15) is 0 Å². The Morgan fingerprint density at radius 2 is 2.00 bits per heavy atom. The van der Waals surface area contributed by atoms with Crippen molar-refractivity contribution >= 4 is 37.8 Å². The third-order valence-corrected chi connectivity index (χ3v) is 3.09. The van der Waals surface area contributed by atoms with Gasteiger partial charge < -0.3 is 4.74 Å². The minimum atomic E-state index is -0.229. The Hall–Kier alpha value is -0.350. The van der Waals surface area contributed by atoms with Crippen molar-refractivity contribution in [1.82, 2.24) is 0 Å². The molecule has 1 rings (SSSR count). The second-order valence-corrected chi connectivity index (χ2v) is 4.34. The van der Waals surface area contributed by atoms with Crippen LogP contribution in [0.25, 0.3) is 0 Å². The molecule has 0 spiro atoms. The standard InChI is InChI=1S/C10H10Br2O2/c1-14-10(13)9(6-11)7-2-4-8(12)5-3-7/h2-5,9H,6H2,1H3. The van der Waals surface area contributed by atoms with Crippen LogP contribution in [-0.2, 0) is 9.53 Å². The highest BCUT2D eigenvalue weighted by atomic mass is 79.9. The van der Waals surface area contributed by atoms with E-state index in [2.05, 4.69) is 31.9 Å². The van der Waals surface area contributed by atoms with E-state index in [-0.39, 0.29) is 11.9 Å². The van der Waals surface area contributed by atoms with Crippen LogP contribution in [0.15, 0.2) is 28.7 Å². The summed E-state index contributed by atoms with van der Waals surface area (Å²) in [5, 5.41) is 0.571. The normalized spacial score (nSPS) is 12.2. The number of methoxy groups -OCH3 is 1. The summed E-state index contributed by atoms with van der Waals surface area (Å²) < 4.78 is 5.71. The molecule has 0 N–H and O–H groups in total. The molecule has 0 aromatic heterocycles. The zero-order valence-corrected chi connectivity index (χ0v) is 10.8. The topological polar surface area (TPSA) is 26.3 Å². The van der Waals surface area contributed by atoms with Crippen LogP contribution >= 0.6 is 31.9 Å². The lowest BCUT2D eigenvalue weighted by Crippen LogP contribution is -2.15. The number of benzene rings is 1. The molecule has 2 nitrogen and oxygen atoms in total. The van der Waals surface area contributed by atoms with E-state index in [0.29, 0.717) is 5.33 Å². The Morgan fingerprint density at radius 3 is 2.43 bits per heavy atom. The number of ether oxygens (including phenoxy) is 1. The summed E-state index contributed by atoms with van der Waals surface area (Å²) >= 11 is 6.64. The maximum Gasteiger partial charge on any atom is 0.313 e. The van der Waals surface area contributed by atoms with Gasteiger partial charge >= 0.3 is 5.97 Å². The minimum Gasteiger partial charge on any atom is -0.469 e. The average Bonchev–Trinajstić information content (AvgIpc) is 2.21. The molecule has 0 heterocycles. The molecular weight excluding hydrogens is 312 g/mol. The summed E-state index contributed by atoms with van der Waals surface area (Å²) in [7, 11) is 1.40. The van der Waals surface area contributed by atoms with Gasteiger partial charge in [-0.1, -0.05) is 44.0 Å². The molecule has 0 radical (unpaired) electrons. The third-order valence-electron chi connectivity index (χ3n) is 1.91. The number of esters is 1. The largest absolute Gasteiger partial charge is 0.469 e. The van der Waals surface area contributed by atoms with Crippen molar-refractivity contribution in [3.05, 3.63) is 34.3 Å². The number of rotatable bonds is 3. The summed E-state index contributed by atoms with van der Waals surface area (Å²) in [6.45, 7) is 0. The van der Waals surface area contributed by atoms with Gasteiger partial charge in [0.1, 0.15) is 0 Å². The Balaban J connectivity index is 2.89. The molecule has 1 unspecified atom stereocenters. The SMILES string of the molecule is COC(=O)C(CBr)c1ccc(Br)cc1. The van der Waals surface area contributed by atoms with Crippen LogP contribution < -0.4 is 0 Å². The number of halogens is 2. The molecule has 1 atom stereocenters. The van der Waals surface area contributed by atoms with Gasteiger partial charge in [-0.3, -0.25) is 4.79 Å². The summed E-state index contributed by atoms with van der Waals surface area (Å²) in [5.41, 5.74) is 0.955. The number of alkyl halides is 1. The Kier molecular flexibility index (Phi) is 4.62. The van der Waals surface area contributed by atoms with Crippen LogP contribution in [0.2, 0.25) is 0 Å². The fourth-order valence-electron chi connectivity index (χ4n) is 1.13. The number of hydrogen-bond donors (Lipinski definition) is 0. The van der Waals surface area contributed by atoms with Crippen LogP contribution in [0.3, 0.4) is 0 Å². The maximum atomic E-state index is 11.4. The Bertz CT molecular complexity index is 308. The Morgan fingerprint density at radius 1 is 1.43 bits per heavy atom. The fourth-order valence-corrected chi connectivity index (χ4v) is 2.03. The van der Waals surface area contributed by atoms with Gasteiger partial charge in [0.05, 0.1) is 13.0 Å². The van der Waals surface area contributed by atoms with Crippen LogP contribution in [0, 0.1) is 0 Å². The molecule has 0 aliphatic rings. The molecular formula is C10H10Br2O2. The Labute approximate surface area is 99.9 Å². The summed E-state index contributed by atoms with van der Waals surface area (Å²) in [5.74, 6) is -0.447. The number of hydrogen-bond acceptors (Lipinski definition) is 2. The van der Waals surface area contributed by atoms with Gasteiger partial charge in [-0.15, -0.1) is 0 Å². The van der Waals surface area contributed by atoms with E-state index in [4.69, 9.17) is 4.74 Å². The average molecular weight is 322 g/mol. The first-order valence-corrected chi connectivity index (χ1v) is 5.99. The van der Waals surface area contributed by atoms with Crippen molar-refractivity contribution in [2.75, 3.05) is 12.4 Å². The molecule has 0 fully saturated rings. The summed E-state index contributed by atoms with van der Waals surface area (Å²) in [6.07, 6.45) is 0. The lowest BCUT2D eigenvalue weighted by atomic mass is 10.0. The fraction of sp³-hybridized carbons (Fsp3) is 0.300. The number of carbonyl (C=O) groups is 1. The zero-order chi connectivity index (χ0) is 10.6. The van der Waals surface area contributed by atoms with Crippen LogP contribution in [0.4, 0.5) is 0 Å². The molecule has 4 heteroatoms. The van der Waals surface area contributed by atoms with Crippen molar-refractivity contribution < 1.29 is 9.53 Å². The molecule has 76 valence electrons. The molecule has 0 saturated heterocycles. The van der Waals surface area contributed by atoms with E-state index in [0.717, 1.165) is 10.0 Å². The van der Waals surface area contributed by atoms with Crippen LogP contribution in [-0.4, -0.2) is 18.4 Å². The van der Waals surface area contributed by atoms with E-state index >= 15 is 0 Å². The van der Waals surface area contributed by atoms with E-state index in [1.807, 2.05) is 24.3 Å². The second-order valence-electron chi connectivity index (χ2n) is 2.78. The van der Waals surface area contributed by atoms with Gasteiger partial charge in [0.15, 0.2) is 0 Å². The third kappa shape index (κ3) is 2.82. The van der Waals surface area contributed by atoms with E-state index in [9.17, 15) is 4.79 Å². The molecule has 0 bridgehead atoms. The molecule has 0 amide bonds.